The van der Waals surface area contributed by atoms with Crippen molar-refractivity contribution in [1.82, 2.24) is 10.3 Å². The van der Waals surface area contributed by atoms with Crippen LogP contribution in [0.1, 0.15) is 19.4 Å². The Bertz CT molecular complexity index is 401. The number of rotatable bonds is 1. The van der Waals surface area contributed by atoms with E-state index in [-0.39, 0.29) is 11.6 Å². The molecule has 1 aromatic heterocycles. The first-order valence-electron chi connectivity index (χ1n) is 5.01. The topological polar surface area (TPSA) is 45.2 Å². The Balaban J connectivity index is 2.46. The van der Waals surface area contributed by atoms with Crippen LogP contribution in [0.25, 0.3) is 0 Å². The van der Waals surface area contributed by atoms with Gasteiger partial charge < -0.3 is 5.32 Å². The van der Waals surface area contributed by atoms with Crippen LogP contribution in [0.4, 0.5) is 10.5 Å². The second-order valence-electron chi connectivity index (χ2n) is 4.47. The standard InChI is InChI=1S/C11H15N3O/c1-8-4-5-12-6-9(8)14-10(15)13-7-11(14,2)3/h4-6H,7H2,1-3H3,(H,13,15). The molecule has 0 aromatic carbocycles. The lowest BCUT2D eigenvalue weighted by molar-refractivity contribution is 0.251. The lowest BCUT2D eigenvalue weighted by Gasteiger charge is -2.30. The second kappa shape index (κ2) is 3.22. The fourth-order valence-electron chi connectivity index (χ4n) is 1.85. The van der Waals surface area contributed by atoms with Gasteiger partial charge in [0, 0.05) is 12.7 Å². The minimum absolute atomic E-state index is 0.0453. The van der Waals surface area contributed by atoms with E-state index in [9.17, 15) is 4.79 Å². The van der Waals surface area contributed by atoms with Gasteiger partial charge in [-0.3, -0.25) is 9.88 Å². The molecule has 2 rings (SSSR count). The Morgan fingerprint density at radius 1 is 1.53 bits per heavy atom. The Labute approximate surface area is 89.3 Å². The van der Waals surface area contributed by atoms with Gasteiger partial charge >= 0.3 is 6.03 Å². The molecule has 1 N–H and O–H groups in total. The summed E-state index contributed by atoms with van der Waals surface area (Å²) < 4.78 is 0. The van der Waals surface area contributed by atoms with Crippen molar-refractivity contribution in [3.8, 4) is 0 Å². The van der Waals surface area contributed by atoms with Crippen molar-refractivity contribution in [1.29, 1.82) is 0 Å². The molecule has 1 aliphatic rings. The Hall–Kier alpha value is -1.58. The molecule has 15 heavy (non-hydrogen) atoms. The smallest absolute Gasteiger partial charge is 0.322 e. The summed E-state index contributed by atoms with van der Waals surface area (Å²) in [7, 11) is 0. The van der Waals surface area contributed by atoms with Gasteiger partial charge in [-0.15, -0.1) is 0 Å². The monoisotopic (exact) mass is 205 g/mol. The fraction of sp³-hybridized carbons (Fsp3) is 0.455. The molecular weight excluding hydrogens is 190 g/mol. The van der Waals surface area contributed by atoms with Crippen LogP contribution in [-0.2, 0) is 0 Å². The predicted octanol–water partition coefficient (Wildman–Crippen LogP) is 1.70. The van der Waals surface area contributed by atoms with E-state index >= 15 is 0 Å². The van der Waals surface area contributed by atoms with E-state index in [1.54, 1.807) is 17.3 Å². The highest BCUT2D eigenvalue weighted by atomic mass is 16.2. The molecule has 1 aliphatic heterocycles. The highest BCUT2D eigenvalue weighted by Crippen LogP contribution is 2.29. The van der Waals surface area contributed by atoms with E-state index < -0.39 is 0 Å². The highest BCUT2D eigenvalue weighted by molar-refractivity contribution is 5.96. The molecule has 1 saturated heterocycles. The molecule has 0 bridgehead atoms. The SMILES string of the molecule is Cc1ccncc1N1C(=O)NCC1(C)C. The van der Waals surface area contributed by atoms with Gasteiger partial charge in [0.2, 0.25) is 0 Å². The van der Waals surface area contributed by atoms with Crippen molar-refractivity contribution in [2.75, 3.05) is 11.4 Å². The molecule has 0 spiro atoms. The number of amides is 2. The van der Waals surface area contributed by atoms with Crippen molar-refractivity contribution >= 4 is 11.7 Å². The number of anilines is 1. The summed E-state index contributed by atoms with van der Waals surface area (Å²) in [5.41, 5.74) is 1.76. The number of carbonyl (C=O) groups excluding carboxylic acids is 1. The van der Waals surface area contributed by atoms with Crippen LogP contribution in [0.15, 0.2) is 18.5 Å². The summed E-state index contributed by atoms with van der Waals surface area (Å²) in [4.78, 5) is 17.6. The highest BCUT2D eigenvalue weighted by Gasteiger charge is 2.39. The van der Waals surface area contributed by atoms with Crippen LogP contribution >= 0.6 is 0 Å². The molecule has 80 valence electrons. The number of pyridine rings is 1. The van der Waals surface area contributed by atoms with Gasteiger partial charge in [0.1, 0.15) is 0 Å². The average Bonchev–Trinajstić information content (AvgIpc) is 2.43. The quantitative estimate of drug-likeness (QED) is 0.758. The van der Waals surface area contributed by atoms with Gasteiger partial charge in [-0.2, -0.15) is 0 Å². The van der Waals surface area contributed by atoms with E-state index in [1.807, 2.05) is 26.8 Å². The summed E-state index contributed by atoms with van der Waals surface area (Å²) in [5, 5.41) is 2.84. The molecule has 4 heteroatoms. The zero-order valence-electron chi connectivity index (χ0n) is 9.24. The first-order valence-corrected chi connectivity index (χ1v) is 5.01. The predicted molar refractivity (Wildman–Crippen MR) is 58.9 cm³/mol. The maximum atomic E-state index is 11.7. The summed E-state index contributed by atoms with van der Waals surface area (Å²) >= 11 is 0. The van der Waals surface area contributed by atoms with Crippen molar-refractivity contribution in [3.05, 3.63) is 24.0 Å². The third-order valence-electron chi connectivity index (χ3n) is 2.73. The third kappa shape index (κ3) is 1.56. The summed E-state index contributed by atoms with van der Waals surface area (Å²) in [5.74, 6) is 0. The Kier molecular flexibility index (Phi) is 2.14. The lowest BCUT2D eigenvalue weighted by Crippen LogP contribution is -2.42. The molecule has 2 amide bonds. The molecule has 2 heterocycles. The van der Waals surface area contributed by atoms with Crippen molar-refractivity contribution in [2.45, 2.75) is 26.3 Å². The number of nitrogens with zero attached hydrogens (tertiary/aromatic N) is 2. The van der Waals surface area contributed by atoms with Crippen LogP contribution in [0.2, 0.25) is 0 Å². The van der Waals surface area contributed by atoms with Gasteiger partial charge in [0.05, 0.1) is 17.4 Å². The van der Waals surface area contributed by atoms with Crippen LogP contribution in [-0.4, -0.2) is 23.1 Å². The van der Waals surface area contributed by atoms with Gasteiger partial charge in [-0.05, 0) is 32.4 Å². The molecule has 0 atom stereocenters. The zero-order chi connectivity index (χ0) is 11.1. The maximum Gasteiger partial charge on any atom is 0.322 e. The Morgan fingerprint density at radius 3 is 2.80 bits per heavy atom. The van der Waals surface area contributed by atoms with E-state index in [0.717, 1.165) is 11.3 Å². The molecular formula is C11H15N3O. The van der Waals surface area contributed by atoms with Crippen LogP contribution in [0.5, 0.6) is 0 Å². The third-order valence-corrected chi connectivity index (χ3v) is 2.73. The number of aryl methyl sites for hydroxylation is 1. The normalized spacial score (nSPS) is 19.1. The first-order chi connectivity index (χ1) is 7.02. The van der Waals surface area contributed by atoms with Gasteiger partial charge in [0.15, 0.2) is 0 Å². The van der Waals surface area contributed by atoms with Gasteiger partial charge in [-0.1, -0.05) is 0 Å². The van der Waals surface area contributed by atoms with Crippen molar-refractivity contribution in [3.63, 3.8) is 0 Å². The summed E-state index contributed by atoms with van der Waals surface area (Å²) in [6.45, 7) is 6.73. The van der Waals surface area contributed by atoms with Gasteiger partial charge in [0.25, 0.3) is 0 Å². The largest absolute Gasteiger partial charge is 0.335 e. The molecule has 1 fully saturated rings. The number of aromatic nitrogens is 1. The molecule has 0 unspecified atom stereocenters. The molecule has 4 nitrogen and oxygen atoms in total. The maximum absolute atomic E-state index is 11.7. The van der Waals surface area contributed by atoms with Crippen LogP contribution in [0.3, 0.4) is 0 Å². The first kappa shape index (κ1) is 9.96. The summed E-state index contributed by atoms with van der Waals surface area (Å²) in [6, 6.07) is 1.87. The van der Waals surface area contributed by atoms with E-state index in [0.29, 0.717) is 6.54 Å². The fourth-order valence-corrected chi connectivity index (χ4v) is 1.85. The van der Waals surface area contributed by atoms with E-state index in [1.165, 1.54) is 0 Å². The average molecular weight is 205 g/mol. The number of hydrogen-bond acceptors (Lipinski definition) is 2. The molecule has 0 aliphatic carbocycles. The minimum Gasteiger partial charge on any atom is -0.335 e. The second-order valence-corrected chi connectivity index (χ2v) is 4.47. The lowest BCUT2D eigenvalue weighted by atomic mass is 10.0. The molecule has 0 radical (unpaired) electrons. The zero-order valence-corrected chi connectivity index (χ0v) is 9.24. The van der Waals surface area contributed by atoms with Crippen molar-refractivity contribution < 1.29 is 4.79 Å². The number of nitrogens with one attached hydrogen (secondary N) is 1. The molecule has 1 aromatic rings. The molecule has 0 saturated carbocycles. The number of carbonyl (C=O) groups is 1. The Morgan fingerprint density at radius 2 is 2.27 bits per heavy atom. The minimum atomic E-state index is -0.190. The van der Waals surface area contributed by atoms with Crippen LogP contribution in [0, 0.1) is 6.92 Å². The number of urea groups is 1. The van der Waals surface area contributed by atoms with Gasteiger partial charge in [-0.25, -0.2) is 4.79 Å². The van der Waals surface area contributed by atoms with E-state index in [4.69, 9.17) is 0 Å². The summed E-state index contributed by atoms with van der Waals surface area (Å²) in [6.07, 6.45) is 3.47. The van der Waals surface area contributed by atoms with E-state index in [2.05, 4.69) is 10.3 Å². The van der Waals surface area contributed by atoms with Crippen molar-refractivity contribution in [2.24, 2.45) is 0 Å². The number of hydrogen-bond donors (Lipinski definition) is 1. The van der Waals surface area contributed by atoms with Crippen LogP contribution < -0.4 is 10.2 Å².